The van der Waals surface area contributed by atoms with Crippen molar-refractivity contribution in [1.29, 1.82) is 0 Å². The van der Waals surface area contributed by atoms with E-state index in [2.05, 4.69) is 35.8 Å². The first-order valence-electron chi connectivity index (χ1n) is 4.26. The summed E-state index contributed by atoms with van der Waals surface area (Å²) in [7, 11) is 0. The molecule has 1 aromatic rings. The van der Waals surface area contributed by atoms with Crippen LogP contribution in [0.2, 0.25) is 0 Å². The van der Waals surface area contributed by atoms with E-state index in [9.17, 15) is 0 Å². The van der Waals surface area contributed by atoms with Gasteiger partial charge in [0.1, 0.15) is 0 Å². The van der Waals surface area contributed by atoms with E-state index in [4.69, 9.17) is 0 Å². The molecule has 1 aliphatic rings. The third-order valence-electron chi connectivity index (χ3n) is 2.12. The minimum Gasteiger partial charge on any atom is -0.701 e. The van der Waals surface area contributed by atoms with Crippen LogP contribution >= 0.6 is 0 Å². The summed E-state index contributed by atoms with van der Waals surface area (Å²) in [5.41, 5.74) is 3.78. The second-order valence-corrected chi connectivity index (χ2v) is 3.13. The molecule has 0 amide bonds. The molecule has 14 heavy (non-hydrogen) atoms. The van der Waals surface area contributed by atoms with Gasteiger partial charge in [0.2, 0.25) is 0 Å². The van der Waals surface area contributed by atoms with Crippen LogP contribution in [-0.4, -0.2) is 13.2 Å². The fourth-order valence-electron chi connectivity index (χ4n) is 1.47. The van der Waals surface area contributed by atoms with E-state index in [1.807, 2.05) is 0 Å². The number of fused-ring (bicyclic) bond motifs is 1. The number of nitrogens with zero attached hydrogens (tertiary/aromatic N) is 2. The fourth-order valence-corrected chi connectivity index (χ4v) is 1.47. The molecule has 2 rings (SSSR count). The molecular weight excluding hydrogens is 602 g/mol. The second-order valence-electron chi connectivity index (χ2n) is 3.13. The maximum atomic E-state index is 4.36. The molecule has 0 aromatic heterocycles. The molecule has 0 aliphatic carbocycles. The van der Waals surface area contributed by atoms with Gasteiger partial charge in [-0.1, -0.05) is 29.3 Å². The maximum Gasteiger partial charge on any atom is 0 e. The summed E-state index contributed by atoms with van der Waals surface area (Å²) in [5.74, 6) is 0. The molecule has 0 saturated carbocycles. The molecule has 2 radical (unpaired) electrons. The summed E-state index contributed by atoms with van der Waals surface area (Å²) in [6.45, 7) is 3.67. The van der Waals surface area contributed by atoms with Crippen molar-refractivity contribution in [2.24, 2.45) is 0 Å². The van der Waals surface area contributed by atoms with Gasteiger partial charge in [-0.05, 0) is 13.3 Å². The van der Waals surface area contributed by atoms with Crippen molar-refractivity contribution in [3.8, 4) is 0 Å². The van der Waals surface area contributed by atoms with Crippen LogP contribution in [0.3, 0.4) is 0 Å². The Hall–Kier alpha value is 1.86. The van der Waals surface area contributed by atoms with Gasteiger partial charge in [0.15, 0.2) is 0 Å². The number of rotatable bonds is 0. The van der Waals surface area contributed by atoms with Crippen molar-refractivity contribution in [3.63, 3.8) is 0 Å². The second kappa shape index (κ2) is 8.03. The molecule has 0 fully saturated rings. The van der Waals surface area contributed by atoms with Gasteiger partial charge >= 0.3 is 0 Å². The summed E-state index contributed by atoms with van der Waals surface area (Å²) in [6.07, 6.45) is 1.04. The Labute approximate surface area is 157 Å². The first-order chi connectivity index (χ1) is 5.86. The van der Waals surface area contributed by atoms with Crippen molar-refractivity contribution in [2.45, 2.75) is 13.3 Å². The van der Waals surface area contributed by atoms with Crippen LogP contribution in [0.4, 0.5) is 5.69 Å². The summed E-state index contributed by atoms with van der Waals surface area (Å²) in [5, 5.41) is 8.61. The Balaban J connectivity index is 0.000000845. The van der Waals surface area contributed by atoms with Crippen molar-refractivity contribution >= 4 is 5.69 Å². The van der Waals surface area contributed by atoms with E-state index in [-0.39, 0.29) is 88.1 Å². The van der Waals surface area contributed by atoms with E-state index in [1.54, 1.807) is 0 Å². The predicted molar refractivity (Wildman–Crippen MR) is 51.0 cm³/mol. The summed E-state index contributed by atoms with van der Waals surface area (Å²) >= 11 is 0. The first-order valence-corrected chi connectivity index (χ1v) is 4.26. The van der Waals surface area contributed by atoms with Gasteiger partial charge < -0.3 is 10.6 Å². The van der Waals surface area contributed by atoms with Crippen LogP contribution in [0.15, 0.2) is 18.2 Å². The number of benzene rings is 1. The van der Waals surface area contributed by atoms with Gasteiger partial charge in [0.05, 0.1) is 0 Å². The number of hydrogen-bond donors (Lipinski definition) is 0. The Kier molecular flexibility index (Phi) is 9.10. The molecule has 1 aliphatic heterocycles. The minimum absolute atomic E-state index is 0. The molecule has 0 unspecified atom stereocenters. The van der Waals surface area contributed by atoms with Crippen LogP contribution in [0, 0.1) is 95.0 Å². The molecule has 4 heteroatoms. The van der Waals surface area contributed by atoms with E-state index in [0.717, 1.165) is 18.7 Å². The van der Waals surface area contributed by atoms with Gasteiger partial charge in [0, 0.05) is 88.1 Å². The SMILES string of the molecule is Cc1ccc2c(c1)CC[N-]C[N-]2.[Ac].[Ac]. The van der Waals surface area contributed by atoms with Crippen molar-refractivity contribution in [2.75, 3.05) is 13.2 Å². The Morgan fingerprint density at radius 3 is 2.79 bits per heavy atom. The Morgan fingerprint density at radius 1 is 1.21 bits per heavy atom. The minimum atomic E-state index is 0. The van der Waals surface area contributed by atoms with E-state index in [0.29, 0.717) is 6.67 Å². The number of aryl methyl sites for hydroxylation is 1. The Morgan fingerprint density at radius 2 is 2.00 bits per heavy atom. The standard InChI is InChI=1S/C10H12N2.2Ac/c1-8-2-3-10-9(6-8)4-5-11-7-12-10;;/h2-3,6H,4-5,7H2,1H3;;/q-2;;. The molecule has 0 spiro atoms. The predicted octanol–water partition coefficient (Wildman–Crippen LogP) is 2.89. The molecule has 1 aromatic carbocycles. The Bertz CT molecular complexity index is 289. The van der Waals surface area contributed by atoms with Gasteiger partial charge in [-0.2, -0.15) is 0 Å². The topological polar surface area (TPSA) is 28.2 Å². The zero-order valence-corrected chi connectivity index (χ0v) is 17.9. The maximum absolute atomic E-state index is 4.36. The smallest absolute Gasteiger partial charge is 0 e. The molecular formula is C10H12Ac2N2-2. The molecule has 0 saturated heterocycles. The molecule has 1 heterocycles. The van der Waals surface area contributed by atoms with Gasteiger partial charge in [-0.3, -0.25) is 0 Å². The summed E-state index contributed by atoms with van der Waals surface area (Å²) < 4.78 is 0. The van der Waals surface area contributed by atoms with Crippen LogP contribution < -0.4 is 0 Å². The van der Waals surface area contributed by atoms with Crippen molar-refractivity contribution < 1.29 is 88.1 Å². The quantitative estimate of drug-likeness (QED) is 0.431. The van der Waals surface area contributed by atoms with Crippen LogP contribution in [-0.2, 0) is 6.42 Å². The number of hydrogen-bond acceptors (Lipinski definition) is 0. The van der Waals surface area contributed by atoms with Crippen molar-refractivity contribution in [3.05, 3.63) is 40.0 Å². The molecule has 70 valence electrons. The van der Waals surface area contributed by atoms with Gasteiger partial charge in [0.25, 0.3) is 0 Å². The van der Waals surface area contributed by atoms with Gasteiger partial charge in [-0.15, -0.1) is 12.2 Å². The first kappa shape index (κ1) is 15.9. The van der Waals surface area contributed by atoms with Gasteiger partial charge in [-0.25, -0.2) is 6.67 Å². The van der Waals surface area contributed by atoms with E-state index < -0.39 is 0 Å². The van der Waals surface area contributed by atoms with Crippen LogP contribution in [0.5, 0.6) is 0 Å². The van der Waals surface area contributed by atoms with Crippen molar-refractivity contribution in [1.82, 2.24) is 0 Å². The molecule has 0 N–H and O–H groups in total. The van der Waals surface area contributed by atoms with Crippen LogP contribution in [0.25, 0.3) is 10.6 Å². The molecule has 0 bridgehead atoms. The zero-order valence-electron chi connectivity index (χ0n) is 8.40. The third kappa shape index (κ3) is 4.39. The van der Waals surface area contributed by atoms with E-state index >= 15 is 0 Å². The summed E-state index contributed by atoms with van der Waals surface area (Å²) in [4.78, 5) is 0. The normalized spacial score (nSPS) is 13.8. The largest absolute Gasteiger partial charge is 0.701 e. The third-order valence-corrected chi connectivity index (χ3v) is 2.12. The van der Waals surface area contributed by atoms with E-state index in [1.165, 1.54) is 11.1 Å². The summed E-state index contributed by atoms with van der Waals surface area (Å²) in [6, 6.07) is 6.40. The monoisotopic (exact) mass is 614 g/mol. The average molecular weight is 614 g/mol. The zero-order chi connectivity index (χ0) is 8.39. The molecule has 0 atom stereocenters. The molecule has 2 nitrogen and oxygen atoms in total. The fraction of sp³-hybridized carbons (Fsp3) is 0.400. The van der Waals surface area contributed by atoms with Crippen LogP contribution in [0.1, 0.15) is 11.1 Å². The average Bonchev–Trinajstić information content (AvgIpc) is 2.28.